The van der Waals surface area contributed by atoms with Crippen molar-refractivity contribution >= 4 is 11.3 Å². The summed E-state index contributed by atoms with van der Waals surface area (Å²) in [4.78, 5) is 5.10. The van der Waals surface area contributed by atoms with Gasteiger partial charge in [-0.1, -0.05) is 0 Å². The summed E-state index contributed by atoms with van der Waals surface area (Å²) >= 11 is 1.55. The first-order valence-electron chi connectivity index (χ1n) is 7.19. The van der Waals surface area contributed by atoms with E-state index in [-0.39, 0.29) is 6.10 Å². The minimum Gasteiger partial charge on any atom is -0.493 e. The van der Waals surface area contributed by atoms with Gasteiger partial charge in [0.05, 0.1) is 18.2 Å². The first-order valence-corrected chi connectivity index (χ1v) is 8.07. The van der Waals surface area contributed by atoms with Gasteiger partial charge in [0.2, 0.25) is 0 Å². The number of thiazole rings is 1. The number of nitrogens with zero attached hydrogens (tertiary/aromatic N) is 1. The van der Waals surface area contributed by atoms with E-state index in [9.17, 15) is 5.11 Å². The Morgan fingerprint density at radius 2 is 2.38 bits per heavy atom. The number of aromatic nitrogens is 1. The molecule has 0 saturated carbocycles. The Morgan fingerprint density at radius 3 is 3.10 bits per heavy atom. The van der Waals surface area contributed by atoms with Crippen LogP contribution in [0.2, 0.25) is 0 Å². The highest BCUT2D eigenvalue weighted by molar-refractivity contribution is 7.09. The molecule has 4 nitrogen and oxygen atoms in total. The van der Waals surface area contributed by atoms with Crippen LogP contribution in [0.4, 0.5) is 0 Å². The SMILES string of the molecule is CCOc1cc2c(cc1C(O)Cc1cncs1)OC(C)C2. The van der Waals surface area contributed by atoms with E-state index in [0.717, 1.165) is 33.9 Å². The Balaban J connectivity index is 1.90. The molecule has 1 aromatic heterocycles. The first kappa shape index (κ1) is 14.4. The van der Waals surface area contributed by atoms with E-state index in [1.165, 1.54) is 0 Å². The van der Waals surface area contributed by atoms with E-state index in [4.69, 9.17) is 9.47 Å². The van der Waals surface area contributed by atoms with E-state index in [1.807, 2.05) is 26.0 Å². The second-order valence-corrected chi connectivity index (χ2v) is 6.22. The van der Waals surface area contributed by atoms with E-state index < -0.39 is 6.10 Å². The van der Waals surface area contributed by atoms with Gasteiger partial charge in [-0.3, -0.25) is 4.98 Å². The molecule has 2 unspecified atom stereocenters. The summed E-state index contributed by atoms with van der Waals surface area (Å²) in [6.45, 7) is 4.58. The van der Waals surface area contributed by atoms with Crippen molar-refractivity contribution in [2.75, 3.05) is 6.61 Å². The zero-order valence-electron chi connectivity index (χ0n) is 12.2. The van der Waals surface area contributed by atoms with Gasteiger partial charge in [-0.05, 0) is 26.0 Å². The quantitative estimate of drug-likeness (QED) is 0.922. The monoisotopic (exact) mass is 305 g/mol. The molecule has 0 fully saturated rings. The molecule has 2 aromatic rings. The average Bonchev–Trinajstić information content (AvgIpc) is 3.06. The van der Waals surface area contributed by atoms with Crippen LogP contribution in [0.25, 0.3) is 0 Å². The first-order chi connectivity index (χ1) is 10.2. The molecule has 1 aliphatic heterocycles. The van der Waals surface area contributed by atoms with E-state index in [0.29, 0.717) is 13.0 Å². The third-order valence-electron chi connectivity index (χ3n) is 3.57. The fourth-order valence-electron chi connectivity index (χ4n) is 2.64. The predicted octanol–water partition coefficient (Wildman–Crippen LogP) is 3.14. The van der Waals surface area contributed by atoms with Gasteiger partial charge < -0.3 is 14.6 Å². The van der Waals surface area contributed by atoms with Crippen LogP contribution >= 0.6 is 11.3 Å². The molecule has 3 rings (SSSR count). The van der Waals surface area contributed by atoms with Crippen LogP contribution < -0.4 is 9.47 Å². The summed E-state index contributed by atoms with van der Waals surface area (Å²) in [6.07, 6.45) is 2.79. The normalized spacial score (nSPS) is 18.1. The Bertz CT molecular complexity index is 612. The van der Waals surface area contributed by atoms with Crippen molar-refractivity contribution in [3.63, 3.8) is 0 Å². The Morgan fingerprint density at radius 1 is 1.52 bits per heavy atom. The van der Waals surface area contributed by atoms with Gasteiger partial charge in [-0.15, -0.1) is 11.3 Å². The Kier molecular flexibility index (Phi) is 4.12. The number of benzene rings is 1. The molecule has 2 heterocycles. The number of ether oxygens (including phenoxy) is 2. The van der Waals surface area contributed by atoms with Crippen LogP contribution in [0.3, 0.4) is 0 Å². The summed E-state index contributed by atoms with van der Waals surface area (Å²) in [6, 6.07) is 3.93. The molecule has 21 heavy (non-hydrogen) atoms. The minimum atomic E-state index is -0.614. The molecule has 0 radical (unpaired) electrons. The van der Waals surface area contributed by atoms with Crippen LogP contribution in [0.15, 0.2) is 23.8 Å². The molecule has 1 aromatic carbocycles. The molecule has 5 heteroatoms. The lowest BCUT2D eigenvalue weighted by Crippen LogP contribution is -2.06. The number of hydrogen-bond donors (Lipinski definition) is 1. The zero-order valence-corrected chi connectivity index (χ0v) is 13.0. The van der Waals surface area contributed by atoms with Crippen molar-refractivity contribution in [3.8, 4) is 11.5 Å². The molecule has 112 valence electrons. The molecule has 0 saturated heterocycles. The molecule has 1 N–H and O–H groups in total. The highest BCUT2D eigenvalue weighted by Crippen LogP contribution is 2.38. The smallest absolute Gasteiger partial charge is 0.125 e. The van der Waals surface area contributed by atoms with Crippen molar-refractivity contribution < 1.29 is 14.6 Å². The summed E-state index contributed by atoms with van der Waals surface area (Å²) in [5.74, 6) is 1.62. The summed E-state index contributed by atoms with van der Waals surface area (Å²) in [7, 11) is 0. The van der Waals surface area contributed by atoms with Gasteiger partial charge in [-0.2, -0.15) is 0 Å². The van der Waals surface area contributed by atoms with Crippen molar-refractivity contribution in [3.05, 3.63) is 39.8 Å². The zero-order chi connectivity index (χ0) is 14.8. The van der Waals surface area contributed by atoms with Crippen LogP contribution in [0.5, 0.6) is 11.5 Å². The third-order valence-corrected chi connectivity index (χ3v) is 4.37. The van der Waals surface area contributed by atoms with Gasteiger partial charge in [0, 0.05) is 35.0 Å². The lowest BCUT2D eigenvalue weighted by Gasteiger charge is -2.16. The van der Waals surface area contributed by atoms with Crippen LogP contribution in [0.1, 0.15) is 36.0 Å². The molecule has 0 aliphatic carbocycles. The number of aliphatic hydroxyl groups is 1. The fraction of sp³-hybridized carbons (Fsp3) is 0.438. The molecule has 2 atom stereocenters. The summed E-state index contributed by atoms with van der Waals surface area (Å²) in [5, 5.41) is 10.5. The molecule has 0 bridgehead atoms. The molecule has 0 spiro atoms. The summed E-state index contributed by atoms with van der Waals surface area (Å²) < 4.78 is 11.5. The molecule has 0 amide bonds. The second-order valence-electron chi connectivity index (χ2n) is 5.25. The van der Waals surface area contributed by atoms with Crippen LogP contribution in [-0.2, 0) is 12.8 Å². The minimum absolute atomic E-state index is 0.184. The third kappa shape index (κ3) is 3.04. The lowest BCUT2D eigenvalue weighted by atomic mass is 10.0. The van der Waals surface area contributed by atoms with Crippen molar-refractivity contribution in [1.82, 2.24) is 4.98 Å². The molecular formula is C16H19NO3S. The standard InChI is InChI=1S/C16H19NO3S/c1-3-19-16-5-11-4-10(2)20-15(11)7-13(16)14(18)6-12-8-17-9-21-12/h5,7-10,14,18H,3-4,6H2,1-2H3. The molecule has 1 aliphatic rings. The fourth-order valence-corrected chi connectivity index (χ4v) is 3.27. The number of aliphatic hydroxyl groups excluding tert-OH is 1. The van der Waals surface area contributed by atoms with Gasteiger partial charge in [-0.25, -0.2) is 0 Å². The van der Waals surface area contributed by atoms with E-state index in [1.54, 1.807) is 23.0 Å². The lowest BCUT2D eigenvalue weighted by molar-refractivity contribution is 0.172. The van der Waals surface area contributed by atoms with Crippen molar-refractivity contribution in [2.24, 2.45) is 0 Å². The van der Waals surface area contributed by atoms with Gasteiger partial charge in [0.1, 0.15) is 17.6 Å². The maximum Gasteiger partial charge on any atom is 0.125 e. The van der Waals surface area contributed by atoms with Gasteiger partial charge in [0.25, 0.3) is 0 Å². The maximum absolute atomic E-state index is 10.5. The number of fused-ring (bicyclic) bond motifs is 1. The highest BCUT2D eigenvalue weighted by atomic mass is 32.1. The van der Waals surface area contributed by atoms with Gasteiger partial charge in [0.15, 0.2) is 0 Å². The van der Waals surface area contributed by atoms with Crippen molar-refractivity contribution in [1.29, 1.82) is 0 Å². The second kappa shape index (κ2) is 6.03. The van der Waals surface area contributed by atoms with Crippen LogP contribution in [0, 0.1) is 0 Å². The van der Waals surface area contributed by atoms with Crippen molar-refractivity contribution in [2.45, 2.75) is 38.9 Å². The van der Waals surface area contributed by atoms with E-state index >= 15 is 0 Å². The van der Waals surface area contributed by atoms with Gasteiger partial charge >= 0.3 is 0 Å². The van der Waals surface area contributed by atoms with Crippen LogP contribution in [-0.4, -0.2) is 22.8 Å². The Labute approximate surface area is 128 Å². The Hall–Kier alpha value is -1.59. The average molecular weight is 305 g/mol. The topological polar surface area (TPSA) is 51.6 Å². The summed E-state index contributed by atoms with van der Waals surface area (Å²) in [5.41, 5.74) is 3.72. The highest BCUT2D eigenvalue weighted by Gasteiger charge is 2.24. The maximum atomic E-state index is 10.5. The molecular weight excluding hydrogens is 286 g/mol. The van der Waals surface area contributed by atoms with E-state index in [2.05, 4.69) is 4.98 Å². The largest absolute Gasteiger partial charge is 0.493 e. The number of rotatable bonds is 5. The predicted molar refractivity (Wildman–Crippen MR) is 82.2 cm³/mol. The number of hydrogen-bond acceptors (Lipinski definition) is 5.